The molecule has 2 bridgehead atoms. The first-order valence-corrected chi connectivity index (χ1v) is 7.26. The lowest BCUT2D eigenvalue weighted by atomic mass is 9.86. The average molecular weight is 262 g/mol. The minimum atomic E-state index is 0.0142. The van der Waals surface area contributed by atoms with Crippen molar-refractivity contribution >= 4 is 11.7 Å². The second-order valence-corrected chi connectivity index (χ2v) is 5.89. The number of aromatic nitrogens is 2. The molecule has 5 heteroatoms. The van der Waals surface area contributed by atoms with Gasteiger partial charge in [0.15, 0.2) is 5.82 Å². The molecule has 3 N–H and O–H groups in total. The first kappa shape index (κ1) is 12.7. The number of fused-ring (bicyclic) bond motifs is 2. The van der Waals surface area contributed by atoms with Gasteiger partial charge in [0, 0.05) is 30.6 Å². The van der Waals surface area contributed by atoms with Crippen LogP contribution in [0.4, 0.5) is 5.82 Å². The van der Waals surface area contributed by atoms with E-state index in [9.17, 15) is 4.79 Å². The van der Waals surface area contributed by atoms with Crippen LogP contribution in [0.15, 0.2) is 6.07 Å². The lowest BCUT2D eigenvalue weighted by Crippen LogP contribution is -2.18. The highest BCUT2D eigenvalue weighted by molar-refractivity contribution is 5.89. The van der Waals surface area contributed by atoms with Gasteiger partial charge in [-0.2, -0.15) is 5.10 Å². The van der Waals surface area contributed by atoms with E-state index in [4.69, 9.17) is 0 Å². The summed E-state index contributed by atoms with van der Waals surface area (Å²) in [6, 6.07) is 2.02. The van der Waals surface area contributed by atoms with E-state index in [0.717, 1.165) is 11.8 Å². The summed E-state index contributed by atoms with van der Waals surface area (Å²) in [5.41, 5.74) is 1.20. The van der Waals surface area contributed by atoms with E-state index >= 15 is 0 Å². The van der Waals surface area contributed by atoms with Gasteiger partial charge in [0.05, 0.1) is 0 Å². The molecule has 2 aliphatic carbocycles. The van der Waals surface area contributed by atoms with Crippen molar-refractivity contribution in [2.45, 2.75) is 38.0 Å². The molecule has 1 heterocycles. The van der Waals surface area contributed by atoms with Gasteiger partial charge in [-0.1, -0.05) is 6.42 Å². The SMILES string of the molecule is CNCCC(=O)Nc1cc(C2CC3CCC2C3)[nH]n1. The topological polar surface area (TPSA) is 69.8 Å². The summed E-state index contributed by atoms with van der Waals surface area (Å²) in [6.45, 7) is 0.690. The molecule has 0 saturated heterocycles. The van der Waals surface area contributed by atoms with E-state index in [2.05, 4.69) is 20.8 Å². The molecule has 5 nitrogen and oxygen atoms in total. The van der Waals surface area contributed by atoms with Gasteiger partial charge in [0.25, 0.3) is 0 Å². The molecular formula is C14H22N4O. The van der Waals surface area contributed by atoms with E-state index in [1.54, 1.807) is 0 Å². The number of carbonyl (C=O) groups excluding carboxylic acids is 1. The Labute approximate surface area is 113 Å². The molecule has 0 radical (unpaired) electrons. The Balaban J connectivity index is 1.59. The van der Waals surface area contributed by atoms with Crippen LogP contribution in [0, 0.1) is 11.8 Å². The van der Waals surface area contributed by atoms with Crippen LogP contribution in [0.5, 0.6) is 0 Å². The van der Waals surface area contributed by atoms with Crippen LogP contribution >= 0.6 is 0 Å². The maximum absolute atomic E-state index is 11.6. The summed E-state index contributed by atoms with van der Waals surface area (Å²) in [5.74, 6) is 3.07. The van der Waals surface area contributed by atoms with Crippen LogP contribution in [-0.2, 0) is 4.79 Å². The van der Waals surface area contributed by atoms with Crippen LogP contribution in [-0.4, -0.2) is 29.7 Å². The Bertz CT molecular complexity index is 456. The van der Waals surface area contributed by atoms with Crippen molar-refractivity contribution in [1.82, 2.24) is 15.5 Å². The predicted octanol–water partition coefficient (Wildman–Crippen LogP) is 1.86. The van der Waals surface area contributed by atoms with Crippen molar-refractivity contribution in [3.63, 3.8) is 0 Å². The number of nitrogens with one attached hydrogen (secondary N) is 3. The van der Waals surface area contributed by atoms with Crippen molar-refractivity contribution in [3.8, 4) is 0 Å². The number of amides is 1. The molecule has 2 aliphatic rings. The Morgan fingerprint density at radius 2 is 2.37 bits per heavy atom. The van der Waals surface area contributed by atoms with Crippen LogP contribution < -0.4 is 10.6 Å². The minimum absolute atomic E-state index is 0.0142. The fourth-order valence-corrected chi connectivity index (χ4v) is 3.66. The molecule has 0 spiro atoms. The third kappa shape index (κ3) is 2.66. The van der Waals surface area contributed by atoms with Gasteiger partial charge in [0.1, 0.15) is 0 Å². The summed E-state index contributed by atoms with van der Waals surface area (Å²) >= 11 is 0. The first-order valence-electron chi connectivity index (χ1n) is 7.26. The monoisotopic (exact) mass is 262 g/mol. The molecule has 2 saturated carbocycles. The minimum Gasteiger partial charge on any atom is -0.319 e. The maximum Gasteiger partial charge on any atom is 0.226 e. The summed E-state index contributed by atoms with van der Waals surface area (Å²) in [5, 5.41) is 13.1. The number of rotatable bonds is 5. The number of H-pyrrole nitrogens is 1. The van der Waals surface area contributed by atoms with Crippen LogP contribution in [0.3, 0.4) is 0 Å². The van der Waals surface area contributed by atoms with Gasteiger partial charge in [-0.25, -0.2) is 0 Å². The standard InChI is InChI=1S/C14H22N4O/c1-15-5-4-14(19)16-13-8-12(17-18-13)11-7-9-2-3-10(11)6-9/h8-11,15H,2-7H2,1H3,(H2,16,17,18,19). The first-order chi connectivity index (χ1) is 9.26. The Hall–Kier alpha value is -1.36. The number of nitrogens with zero attached hydrogens (tertiary/aromatic N) is 1. The van der Waals surface area contributed by atoms with Gasteiger partial charge in [-0.05, 0) is 38.1 Å². The Morgan fingerprint density at radius 1 is 1.47 bits per heavy atom. The Morgan fingerprint density at radius 3 is 3.05 bits per heavy atom. The highest BCUT2D eigenvalue weighted by Gasteiger charge is 2.40. The summed E-state index contributed by atoms with van der Waals surface area (Å²) < 4.78 is 0. The molecule has 3 atom stereocenters. The molecule has 0 aliphatic heterocycles. The van der Waals surface area contributed by atoms with Crippen molar-refractivity contribution in [2.24, 2.45) is 11.8 Å². The van der Waals surface area contributed by atoms with Gasteiger partial charge in [-0.3, -0.25) is 9.89 Å². The Kier molecular flexibility index (Phi) is 3.55. The van der Waals surface area contributed by atoms with Gasteiger partial charge in [0.2, 0.25) is 5.91 Å². The molecule has 3 unspecified atom stereocenters. The smallest absolute Gasteiger partial charge is 0.226 e. The number of hydrogen-bond donors (Lipinski definition) is 3. The van der Waals surface area contributed by atoms with Gasteiger partial charge < -0.3 is 10.6 Å². The number of carbonyl (C=O) groups is 1. The zero-order chi connectivity index (χ0) is 13.2. The normalized spacial score (nSPS) is 28.8. The second-order valence-electron chi connectivity index (χ2n) is 5.89. The number of hydrogen-bond acceptors (Lipinski definition) is 3. The fourth-order valence-electron chi connectivity index (χ4n) is 3.66. The average Bonchev–Trinajstić information content (AvgIpc) is 3.11. The zero-order valence-electron chi connectivity index (χ0n) is 11.4. The number of aromatic amines is 1. The molecule has 19 heavy (non-hydrogen) atoms. The van der Waals surface area contributed by atoms with Crippen LogP contribution in [0.1, 0.15) is 43.7 Å². The van der Waals surface area contributed by atoms with E-state index in [1.165, 1.54) is 31.4 Å². The largest absolute Gasteiger partial charge is 0.319 e. The summed E-state index contributed by atoms with van der Waals surface area (Å²) in [7, 11) is 1.84. The fraction of sp³-hybridized carbons (Fsp3) is 0.714. The third-order valence-electron chi connectivity index (χ3n) is 4.60. The van der Waals surface area contributed by atoms with Crippen molar-refractivity contribution in [1.29, 1.82) is 0 Å². The number of anilines is 1. The van der Waals surface area contributed by atoms with E-state index in [-0.39, 0.29) is 5.91 Å². The van der Waals surface area contributed by atoms with E-state index < -0.39 is 0 Å². The van der Waals surface area contributed by atoms with Crippen LogP contribution in [0.25, 0.3) is 0 Å². The molecule has 0 aromatic carbocycles. The molecule has 3 rings (SSSR count). The van der Waals surface area contributed by atoms with Crippen LogP contribution in [0.2, 0.25) is 0 Å². The maximum atomic E-state index is 11.6. The summed E-state index contributed by atoms with van der Waals surface area (Å²) in [6.07, 6.45) is 5.92. The van der Waals surface area contributed by atoms with Crippen molar-refractivity contribution in [2.75, 3.05) is 18.9 Å². The second kappa shape index (κ2) is 5.33. The molecule has 1 aromatic rings. The highest BCUT2D eigenvalue weighted by Crippen LogP contribution is 2.52. The van der Waals surface area contributed by atoms with Crippen molar-refractivity contribution in [3.05, 3.63) is 11.8 Å². The third-order valence-corrected chi connectivity index (χ3v) is 4.60. The summed E-state index contributed by atoms with van der Waals surface area (Å²) in [4.78, 5) is 11.6. The van der Waals surface area contributed by atoms with Gasteiger partial charge >= 0.3 is 0 Å². The lowest BCUT2D eigenvalue weighted by molar-refractivity contribution is -0.116. The molecule has 1 aromatic heterocycles. The van der Waals surface area contributed by atoms with Crippen molar-refractivity contribution < 1.29 is 4.79 Å². The molecular weight excluding hydrogens is 240 g/mol. The molecule has 1 amide bonds. The molecule has 2 fully saturated rings. The van der Waals surface area contributed by atoms with E-state index in [1.807, 2.05) is 13.1 Å². The van der Waals surface area contributed by atoms with Gasteiger partial charge in [-0.15, -0.1) is 0 Å². The zero-order valence-corrected chi connectivity index (χ0v) is 11.4. The highest BCUT2D eigenvalue weighted by atomic mass is 16.1. The van der Waals surface area contributed by atoms with E-state index in [0.29, 0.717) is 24.7 Å². The predicted molar refractivity (Wildman–Crippen MR) is 74.0 cm³/mol. The molecule has 104 valence electrons. The lowest BCUT2D eigenvalue weighted by Gasteiger charge is -2.19. The quantitative estimate of drug-likeness (QED) is 0.758.